The first-order valence-corrected chi connectivity index (χ1v) is 18.1. The molecule has 0 spiro atoms. The van der Waals surface area contributed by atoms with Crippen LogP contribution in [0.4, 0.5) is 0 Å². The number of hydrogen-bond acceptors (Lipinski definition) is 4. The number of hydrogen-bond donors (Lipinski definition) is 0. The van der Waals surface area contributed by atoms with Crippen LogP contribution in [0, 0.1) is 0 Å². The fourth-order valence-corrected chi connectivity index (χ4v) is 4.21. The van der Waals surface area contributed by atoms with Gasteiger partial charge in [-0.15, -0.1) is 36.7 Å². The number of nitrogens with zero attached hydrogens (tertiary/aromatic N) is 4. The van der Waals surface area contributed by atoms with E-state index in [9.17, 15) is 10.2 Å². The Balaban J connectivity index is 0. The van der Waals surface area contributed by atoms with E-state index in [2.05, 4.69) is 69.1 Å². The summed E-state index contributed by atoms with van der Waals surface area (Å²) in [6.07, 6.45) is -0.833. The standard InChI is InChI=1S/2C19H20ClN2.2C3H7O.2Cu/c2*1-15(21-13-17-9-5-3-6-10-17)19(20)16(2)22-14-18-11-7-4-8-12-18;2*1-3(2)4;;/h2*3-12H,13-14H2,1-2H3;2*3H,1-2H3;;/q4*-1;2*+2/b2*19-15+,22-16?;;;;. The van der Waals surface area contributed by atoms with E-state index in [1.165, 1.54) is 22.3 Å². The van der Waals surface area contributed by atoms with E-state index in [0.29, 0.717) is 36.2 Å². The van der Waals surface area contributed by atoms with E-state index in [1.54, 1.807) is 27.7 Å². The fraction of sp³-hybridized carbons (Fsp3) is 0.318. The molecule has 6 nitrogen and oxygen atoms in total. The molecule has 54 heavy (non-hydrogen) atoms. The van der Waals surface area contributed by atoms with Crippen LogP contribution >= 0.6 is 23.2 Å². The second-order valence-corrected chi connectivity index (χ2v) is 13.0. The zero-order chi connectivity index (χ0) is 38.7. The summed E-state index contributed by atoms with van der Waals surface area (Å²) in [5.41, 5.74) is 7.96. The molecule has 298 valence electrons. The molecule has 0 saturated carbocycles. The van der Waals surface area contributed by atoms with Gasteiger partial charge in [0.15, 0.2) is 0 Å². The molecule has 0 aliphatic carbocycles. The molecule has 4 rings (SSSR count). The molecule has 0 aliphatic rings. The summed E-state index contributed by atoms with van der Waals surface area (Å²) in [5, 5.41) is 29.4. The monoisotopic (exact) mass is 866 g/mol. The molecule has 0 unspecified atom stereocenters. The van der Waals surface area contributed by atoms with Gasteiger partial charge in [0.2, 0.25) is 0 Å². The van der Waals surface area contributed by atoms with Crippen molar-refractivity contribution in [1.82, 2.24) is 0 Å². The maximum atomic E-state index is 9.53. The Morgan fingerprint density at radius 3 is 0.944 bits per heavy atom. The van der Waals surface area contributed by atoms with Gasteiger partial charge in [0.1, 0.15) is 0 Å². The van der Waals surface area contributed by atoms with Crippen molar-refractivity contribution in [2.75, 3.05) is 0 Å². The van der Waals surface area contributed by atoms with Crippen molar-refractivity contribution >= 4 is 34.6 Å². The summed E-state index contributed by atoms with van der Waals surface area (Å²) in [5.74, 6) is 0. The van der Waals surface area contributed by atoms with Crippen molar-refractivity contribution < 1.29 is 44.4 Å². The van der Waals surface area contributed by atoms with Crippen molar-refractivity contribution in [3.63, 3.8) is 0 Å². The number of allylic oxidation sites excluding steroid dienone is 4. The molecule has 0 aliphatic heterocycles. The van der Waals surface area contributed by atoms with Crippen LogP contribution < -0.4 is 10.2 Å². The summed E-state index contributed by atoms with van der Waals surface area (Å²) >= 11 is 12.7. The van der Waals surface area contributed by atoms with E-state index in [1.807, 2.05) is 100 Å². The molecule has 0 atom stereocenters. The minimum absolute atomic E-state index is 0. The topological polar surface area (TPSA) is 99.0 Å². The smallest absolute Gasteiger partial charge is 0.852 e. The average Bonchev–Trinajstić information content (AvgIpc) is 3.15. The van der Waals surface area contributed by atoms with Crippen LogP contribution in [0.1, 0.15) is 77.6 Å². The normalized spacial score (nSPS) is 11.7. The number of benzene rings is 4. The van der Waals surface area contributed by atoms with Crippen LogP contribution in [0.5, 0.6) is 0 Å². The first-order chi connectivity index (χ1) is 24.8. The second-order valence-electron chi connectivity index (χ2n) is 12.3. The molecule has 0 amide bonds. The number of aliphatic imine (C=N–C) groups is 2. The number of rotatable bonds is 12. The van der Waals surface area contributed by atoms with Gasteiger partial charge in [0.05, 0.1) is 13.1 Å². The summed E-state index contributed by atoms with van der Waals surface area (Å²) in [7, 11) is 0. The van der Waals surface area contributed by atoms with E-state index in [4.69, 9.17) is 23.2 Å². The van der Waals surface area contributed by atoms with E-state index in [-0.39, 0.29) is 34.1 Å². The van der Waals surface area contributed by atoms with Crippen molar-refractivity contribution in [1.29, 1.82) is 0 Å². The van der Waals surface area contributed by atoms with Gasteiger partial charge in [-0.1, -0.05) is 197 Å². The predicted molar refractivity (Wildman–Crippen MR) is 221 cm³/mol. The third-order valence-corrected chi connectivity index (χ3v) is 7.73. The maximum Gasteiger partial charge on any atom is 2.00 e. The summed E-state index contributed by atoms with van der Waals surface area (Å²) in [4.78, 5) is 9.07. The Kier molecular flexibility index (Phi) is 31.5. The Bertz CT molecular complexity index is 1520. The van der Waals surface area contributed by atoms with Crippen molar-refractivity contribution in [2.45, 2.75) is 93.8 Å². The molecular weight excluding hydrogens is 815 g/mol. The molecular formula is C44H54Cl2Cu2N4O2. The Labute approximate surface area is 356 Å². The van der Waals surface area contributed by atoms with Crippen molar-refractivity contribution in [2.24, 2.45) is 9.98 Å². The van der Waals surface area contributed by atoms with Gasteiger partial charge >= 0.3 is 34.1 Å². The molecule has 4 aromatic rings. The molecule has 0 saturated heterocycles. The molecule has 10 heteroatoms. The Morgan fingerprint density at radius 1 is 0.481 bits per heavy atom. The minimum Gasteiger partial charge on any atom is -0.852 e. The van der Waals surface area contributed by atoms with Crippen LogP contribution in [-0.4, -0.2) is 23.6 Å². The quantitative estimate of drug-likeness (QED) is 0.105. The largest absolute Gasteiger partial charge is 2.00 e. The van der Waals surface area contributed by atoms with E-state index in [0.717, 1.165) is 22.8 Å². The van der Waals surface area contributed by atoms with Crippen LogP contribution in [0.2, 0.25) is 0 Å². The second kappa shape index (κ2) is 32.1. The fourth-order valence-electron chi connectivity index (χ4n) is 3.97. The van der Waals surface area contributed by atoms with Gasteiger partial charge in [0, 0.05) is 21.5 Å². The van der Waals surface area contributed by atoms with E-state index >= 15 is 0 Å². The van der Waals surface area contributed by atoms with Crippen molar-refractivity contribution in [3.8, 4) is 0 Å². The average molecular weight is 869 g/mol. The zero-order valence-corrected chi connectivity index (χ0v) is 35.9. The molecule has 0 aromatic heterocycles. The minimum atomic E-state index is -0.417. The summed E-state index contributed by atoms with van der Waals surface area (Å²) in [6.45, 7) is 16.7. The van der Waals surface area contributed by atoms with Crippen LogP contribution in [0.3, 0.4) is 0 Å². The zero-order valence-electron chi connectivity index (χ0n) is 32.5. The van der Waals surface area contributed by atoms with Crippen LogP contribution in [0.15, 0.2) is 153 Å². The Morgan fingerprint density at radius 2 is 0.704 bits per heavy atom. The van der Waals surface area contributed by atoms with Crippen LogP contribution in [-0.2, 0) is 60.3 Å². The Hall–Kier alpha value is -3.16. The van der Waals surface area contributed by atoms with E-state index < -0.39 is 12.2 Å². The molecule has 2 radical (unpaired) electrons. The molecule has 4 aromatic carbocycles. The first kappa shape index (κ1) is 52.9. The SMILES string of the molecule is CC(=NCc1ccccc1)/C(Cl)=C(/C)[N-]Cc1ccccc1.CC(=NCc1ccccc1)/C(Cl)=C(/C)[N-]Cc1ccccc1.CC(C)[O-].CC(C)[O-].[Cu+2].[Cu+2]. The van der Waals surface area contributed by atoms with Gasteiger partial charge in [-0.25, -0.2) is 0 Å². The first-order valence-electron chi connectivity index (χ1n) is 17.4. The van der Waals surface area contributed by atoms with Gasteiger partial charge in [-0.2, -0.15) is 0 Å². The summed E-state index contributed by atoms with van der Waals surface area (Å²) in [6, 6.07) is 40.5. The maximum absolute atomic E-state index is 9.53. The van der Waals surface area contributed by atoms with Gasteiger partial charge < -0.3 is 20.8 Å². The van der Waals surface area contributed by atoms with Gasteiger partial charge in [-0.3, -0.25) is 9.98 Å². The third kappa shape index (κ3) is 26.6. The molecule has 0 bridgehead atoms. The molecule has 0 fully saturated rings. The molecule has 0 heterocycles. The van der Waals surface area contributed by atoms with Crippen LogP contribution in [0.25, 0.3) is 10.6 Å². The van der Waals surface area contributed by atoms with Gasteiger partial charge in [0.25, 0.3) is 0 Å². The van der Waals surface area contributed by atoms with Crippen molar-refractivity contribution in [3.05, 3.63) is 176 Å². The third-order valence-electron chi connectivity index (χ3n) is 6.64. The summed E-state index contributed by atoms with van der Waals surface area (Å²) < 4.78 is 0. The van der Waals surface area contributed by atoms with Gasteiger partial charge in [-0.05, 0) is 25.0 Å². The molecule has 0 N–H and O–H groups in total. The number of halogens is 2. The predicted octanol–water partition coefficient (Wildman–Crippen LogP) is 10.9.